The van der Waals surface area contributed by atoms with Gasteiger partial charge in [-0.3, -0.25) is 4.99 Å². The molecule has 0 saturated carbocycles. The van der Waals surface area contributed by atoms with Gasteiger partial charge in [0.25, 0.3) is 0 Å². The number of nitrogens with zero attached hydrogens (tertiary/aromatic N) is 1. The van der Waals surface area contributed by atoms with Gasteiger partial charge in [0.1, 0.15) is 5.70 Å². The first kappa shape index (κ1) is 14.7. The highest BCUT2D eigenvalue weighted by atomic mass is 32.2. The normalized spacial score (nSPS) is 24.8. The van der Waals surface area contributed by atoms with Gasteiger partial charge in [-0.05, 0) is 6.08 Å². The summed E-state index contributed by atoms with van der Waals surface area (Å²) in [5.41, 5.74) is -0.596. The van der Waals surface area contributed by atoms with Crippen LogP contribution in [-0.4, -0.2) is 42.4 Å². The van der Waals surface area contributed by atoms with Gasteiger partial charge in [-0.2, -0.15) is 13.2 Å². The number of rotatable bonds is 3. The number of allylic oxidation sites excluding steroid dienone is 1. The fourth-order valence-corrected chi connectivity index (χ4v) is 2.92. The van der Waals surface area contributed by atoms with Crippen molar-refractivity contribution >= 4 is 22.0 Å². The molecule has 1 aliphatic rings. The third-order valence-corrected chi connectivity index (χ3v) is 5.02. The molecule has 9 heteroatoms. The fourth-order valence-electron chi connectivity index (χ4n) is 1.50. The van der Waals surface area contributed by atoms with Crippen LogP contribution < -0.4 is 0 Å². The molecule has 1 rings (SSSR count). The Balaban J connectivity index is 3.33. The third-order valence-electron chi connectivity index (χ3n) is 2.64. The summed E-state index contributed by atoms with van der Waals surface area (Å²) >= 11 is 0. The van der Waals surface area contributed by atoms with Crippen LogP contribution in [0.15, 0.2) is 16.8 Å². The van der Waals surface area contributed by atoms with Gasteiger partial charge in [-0.25, -0.2) is 13.2 Å². The van der Waals surface area contributed by atoms with Crippen molar-refractivity contribution in [2.75, 3.05) is 5.75 Å². The molecule has 0 fully saturated rings. The Morgan fingerprint density at radius 3 is 2.39 bits per heavy atom. The minimum absolute atomic E-state index is 0.176. The van der Waals surface area contributed by atoms with E-state index in [1.54, 1.807) is 0 Å². The van der Waals surface area contributed by atoms with Gasteiger partial charge in [0.05, 0.1) is 0 Å². The SMILES string of the molecule is CCS(=O)(=O)C1(C(F)(F)F)C=NC(C(=O)O)=CC1. The molecule has 1 N–H and O–H groups in total. The average Bonchev–Trinajstić information content (AvgIpc) is 2.27. The summed E-state index contributed by atoms with van der Waals surface area (Å²) in [6.07, 6.45) is -5.18. The lowest BCUT2D eigenvalue weighted by Gasteiger charge is -2.32. The molecule has 5 nitrogen and oxygen atoms in total. The number of carboxylic acid groups (broad SMARTS) is 1. The first-order chi connectivity index (χ1) is 8.07. The summed E-state index contributed by atoms with van der Waals surface area (Å²) in [6, 6.07) is 0. The Hall–Kier alpha value is -1.38. The van der Waals surface area contributed by atoms with E-state index < -0.39 is 44.6 Å². The summed E-state index contributed by atoms with van der Waals surface area (Å²) in [5.74, 6) is -2.22. The minimum atomic E-state index is -5.05. The predicted molar refractivity (Wildman–Crippen MR) is 57.1 cm³/mol. The summed E-state index contributed by atoms with van der Waals surface area (Å²) in [6.45, 7) is 1.09. The molecule has 0 aliphatic carbocycles. The van der Waals surface area contributed by atoms with Gasteiger partial charge in [-0.15, -0.1) is 0 Å². The van der Waals surface area contributed by atoms with E-state index in [2.05, 4.69) is 4.99 Å². The maximum atomic E-state index is 13.0. The van der Waals surface area contributed by atoms with E-state index in [0.29, 0.717) is 6.08 Å². The molecule has 1 atom stereocenters. The Morgan fingerprint density at radius 1 is 1.56 bits per heavy atom. The van der Waals surface area contributed by atoms with Crippen LogP contribution in [-0.2, 0) is 14.6 Å². The smallest absolute Gasteiger partial charge is 0.413 e. The van der Waals surface area contributed by atoms with Gasteiger partial charge in [0.15, 0.2) is 9.84 Å². The van der Waals surface area contributed by atoms with Crippen molar-refractivity contribution in [3.63, 3.8) is 0 Å². The Morgan fingerprint density at radius 2 is 2.11 bits per heavy atom. The zero-order valence-electron chi connectivity index (χ0n) is 9.23. The summed E-state index contributed by atoms with van der Waals surface area (Å²) < 4.78 is 59.0. The topological polar surface area (TPSA) is 83.8 Å². The van der Waals surface area contributed by atoms with Crippen molar-refractivity contribution < 1.29 is 31.5 Å². The number of alkyl halides is 3. The molecule has 1 heterocycles. The van der Waals surface area contributed by atoms with E-state index in [1.807, 2.05) is 0 Å². The van der Waals surface area contributed by atoms with Crippen LogP contribution in [0.5, 0.6) is 0 Å². The molecule has 0 radical (unpaired) electrons. The van der Waals surface area contributed by atoms with Crippen LogP contribution >= 0.6 is 0 Å². The lowest BCUT2D eigenvalue weighted by Crippen LogP contribution is -2.54. The van der Waals surface area contributed by atoms with Crippen LogP contribution in [0.4, 0.5) is 13.2 Å². The lowest BCUT2D eigenvalue weighted by molar-refractivity contribution is -0.144. The van der Waals surface area contributed by atoms with Crippen molar-refractivity contribution in [1.82, 2.24) is 0 Å². The summed E-state index contributed by atoms with van der Waals surface area (Å²) in [4.78, 5) is 13.6. The van der Waals surface area contributed by atoms with Crippen molar-refractivity contribution in [2.24, 2.45) is 4.99 Å². The maximum absolute atomic E-state index is 13.0. The number of halogens is 3. The van der Waals surface area contributed by atoms with Crippen molar-refractivity contribution in [3.8, 4) is 0 Å². The van der Waals surface area contributed by atoms with E-state index >= 15 is 0 Å². The van der Waals surface area contributed by atoms with Gasteiger partial charge < -0.3 is 5.11 Å². The van der Waals surface area contributed by atoms with Gasteiger partial charge >= 0.3 is 12.1 Å². The average molecular weight is 285 g/mol. The molecule has 0 bridgehead atoms. The zero-order valence-corrected chi connectivity index (χ0v) is 10.0. The second-order valence-corrected chi connectivity index (χ2v) is 6.18. The van der Waals surface area contributed by atoms with Crippen LogP contribution in [0.2, 0.25) is 0 Å². The standard InChI is InChI=1S/C9H10F3NO4S/c1-2-18(16,17)8(9(10,11)12)4-3-6(7(14)15)13-5-8/h3,5H,2,4H2,1H3,(H,14,15). The van der Waals surface area contributed by atoms with E-state index in [4.69, 9.17) is 5.11 Å². The van der Waals surface area contributed by atoms with E-state index in [9.17, 15) is 26.4 Å². The maximum Gasteiger partial charge on any atom is 0.413 e. The molecule has 0 aromatic rings. The van der Waals surface area contributed by atoms with Crippen LogP contribution in [0.3, 0.4) is 0 Å². The molecule has 0 aromatic carbocycles. The molecule has 102 valence electrons. The second kappa shape index (κ2) is 4.38. The lowest BCUT2D eigenvalue weighted by atomic mass is 10.0. The van der Waals surface area contributed by atoms with E-state index in [0.717, 1.165) is 6.92 Å². The molecule has 0 spiro atoms. The summed E-state index contributed by atoms with van der Waals surface area (Å²) in [5, 5.41) is 8.56. The van der Waals surface area contributed by atoms with Gasteiger partial charge in [0.2, 0.25) is 4.75 Å². The van der Waals surface area contributed by atoms with Crippen molar-refractivity contribution in [2.45, 2.75) is 24.3 Å². The molecular formula is C9H10F3NO4S. The number of hydrogen-bond acceptors (Lipinski definition) is 4. The van der Waals surface area contributed by atoms with Crippen LogP contribution in [0, 0.1) is 0 Å². The second-order valence-electron chi connectivity index (χ2n) is 3.65. The molecule has 1 unspecified atom stereocenters. The molecule has 18 heavy (non-hydrogen) atoms. The zero-order chi connectivity index (χ0) is 14.2. The third kappa shape index (κ3) is 2.14. The Labute approximate surface area is 101 Å². The number of aliphatic carboxylic acids is 1. The highest BCUT2D eigenvalue weighted by Gasteiger charge is 2.62. The molecule has 0 saturated heterocycles. The quantitative estimate of drug-likeness (QED) is 0.843. The van der Waals surface area contributed by atoms with Crippen LogP contribution in [0.25, 0.3) is 0 Å². The number of carbonyl (C=O) groups is 1. The monoisotopic (exact) mass is 285 g/mol. The van der Waals surface area contributed by atoms with Crippen LogP contribution in [0.1, 0.15) is 13.3 Å². The Bertz CT molecular complexity index is 520. The van der Waals surface area contributed by atoms with E-state index in [-0.39, 0.29) is 6.21 Å². The highest BCUT2D eigenvalue weighted by Crippen LogP contribution is 2.41. The van der Waals surface area contributed by atoms with Crippen molar-refractivity contribution in [3.05, 3.63) is 11.8 Å². The van der Waals surface area contributed by atoms with Crippen molar-refractivity contribution in [1.29, 1.82) is 0 Å². The molecule has 0 aromatic heterocycles. The predicted octanol–water partition coefficient (Wildman–Crippen LogP) is 1.17. The van der Waals surface area contributed by atoms with Gasteiger partial charge in [-0.1, -0.05) is 6.92 Å². The number of sulfone groups is 1. The highest BCUT2D eigenvalue weighted by molar-refractivity contribution is 7.93. The van der Waals surface area contributed by atoms with Gasteiger partial charge in [0, 0.05) is 18.4 Å². The largest absolute Gasteiger partial charge is 0.477 e. The first-order valence-electron chi connectivity index (χ1n) is 4.85. The number of carboxylic acids is 1. The molecular weight excluding hydrogens is 275 g/mol. The van der Waals surface area contributed by atoms with E-state index in [1.165, 1.54) is 0 Å². The Kier molecular flexibility index (Phi) is 3.57. The first-order valence-corrected chi connectivity index (χ1v) is 6.50. The number of hydrogen-bond donors (Lipinski definition) is 1. The molecule has 1 aliphatic heterocycles. The number of aliphatic imine (C=N–C) groups is 1. The minimum Gasteiger partial charge on any atom is -0.477 e. The molecule has 0 amide bonds. The summed E-state index contributed by atoms with van der Waals surface area (Å²) in [7, 11) is -4.50. The fraction of sp³-hybridized carbons (Fsp3) is 0.556.